The summed E-state index contributed by atoms with van der Waals surface area (Å²) in [6, 6.07) is -0.976. The van der Waals surface area contributed by atoms with Gasteiger partial charge in [-0.3, -0.25) is 4.79 Å². The minimum atomic E-state index is -3.89. The predicted molar refractivity (Wildman–Crippen MR) is 69.4 cm³/mol. The number of hydrogen-bond donors (Lipinski definition) is 4. The van der Waals surface area contributed by atoms with Crippen LogP contribution in [0.15, 0.2) is 4.21 Å². The molecule has 0 saturated heterocycles. The first-order valence-electron chi connectivity index (χ1n) is 5.29. The summed E-state index contributed by atoms with van der Waals surface area (Å²) in [6.45, 7) is 1.73. The molecule has 19 heavy (non-hydrogen) atoms. The molecule has 0 spiro atoms. The number of aliphatic hydroxyl groups is 2. The van der Waals surface area contributed by atoms with Crippen molar-refractivity contribution in [2.45, 2.75) is 24.1 Å². The van der Waals surface area contributed by atoms with Crippen molar-refractivity contribution in [2.24, 2.45) is 0 Å². The van der Waals surface area contributed by atoms with Crippen molar-refractivity contribution in [1.82, 2.24) is 9.71 Å². The van der Waals surface area contributed by atoms with Crippen LogP contribution in [0.4, 0.5) is 5.13 Å². The fourth-order valence-corrected chi connectivity index (χ4v) is 3.94. The van der Waals surface area contributed by atoms with Gasteiger partial charge in [-0.25, -0.2) is 18.1 Å². The van der Waals surface area contributed by atoms with E-state index in [0.717, 1.165) is 11.3 Å². The summed E-state index contributed by atoms with van der Waals surface area (Å²) >= 11 is 0.801. The molecule has 4 N–H and O–H groups in total. The summed E-state index contributed by atoms with van der Waals surface area (Å²) in [6.07, 6.45) is 0. The molecule has 108 valence electrons. The number of aliphatic hydroxyl groups excluding tert-OH is 2. The molecule has 0 radical (unpaired) electrons. The minimum absolute atomic E-state index is 0.0665. The van der Waals surface area contributed by atoms with Crippen molar-refractivity contribution in [3.63, 3.8) is 0 Å². The Morgan fingerprint density at radius 2 is 2.00 bits per heavy atom. The molecule has 1 aromatic rings. The number of aromatic nitrogens is 1. The Labute approximate surface area is 114 Å². The molecule has 0 aliphatic carbocycles. The highest BCUT2D eigenvalue weighted by molar-refractivity contribution is 7.91. The molecule has 0 aliphatic rings. The lowest BCUT2D eigenvalue weighted by Crippen LogP contribution is -2.39. The minimum Gasteiger partial charge on any atom is -0.395 e. The zero-order chi connectivity index (χ0) is 14.6. The molecule has 0 aliphatic heterocycles. The topological polar surface area (TPSA) is 129 Å². The summed E-state index contributed by atoms with van der Waals surface area (Å²) in [4.78, 5) is 14.8. The molecule has 10 heteroatoms. The lowest BCUT2D eigenvalue weighted by atomic mass is 10.4. The molecule has 0 fully saturated rings. The van der Waals surface area contributed by atoms with Gasteiger partial charge in [-0.15, -0.1) is 0 Å². The number of nitrogens with one attached hydrogen (secondary N) is 2. The van der Waals surface area contributed by atoms with Gasteiger partial charge in [0, 0.05) is 6.92 Å². The van der Waals surface area contributed by atoms with Gasteiger partial charge in [-0.1, -0.05) is 11.3 Å². The first kappa shape index (κ1) is 16.0. The Morgan fingerprint density at radius 3 is 2.47 bits per heavy atom. The van der Waals surface area contributed by atoms with E-state index in [2.05, 4.69) is 15.0 Å². The largest absolute Gasteiger partial charge is 0.395 e. The molecule has 0 bridgehead atoms. The second-order valence-electron chi connectivity index (χ2n) is 3.76. The Morgan fingerprint density at radius 1 is 1.42 bits per heavy atom. The van der Waals surface area contributed by atoms with E-state index in [4.69, 9.17) is 10.2 Å². The van der Waals surface area contributed by atoms with E-state index in [1.165, 1.54) is 13.8 Å². The van der Waals surface area contributed by atoms with Crippen molar-refractivity contribution in [3.05, 3.63) is 5.69 Å². The maximum Gasteiger partial charge on any atom is 0.252 e. The SMILES string of the molecule is CC(=O)Nc1nc(C)c(S(=O)(=O)NC(CO)CO)s1. The van der Waals surface area contributed by atoms with Crippen LogP contribution in [0.2, 0.25) is 0 Å². The van der Waals surface area contributed by atoms with Gasteiger partial charge in [-0.2, -0.15) is 0 Å². The second-order valence-corrected chi connectivity index (χ2v) is 6.66. The van der Waals surface area contributed by atoms with Crippen LogP contribution in [0.3, 0.4) is 0 Å². The van der Waals surface area contributed by atoms with E-state index >= 15 is 0 Å². The van der Waals surface area contributed by atoms with Gasteiger partial charge in [0.2, 0.25) is 5.91 Å². The summed E-state index contributed by atoms with van der Waals surface area (Å²) in [5.74, 6) is -0.353. The van der Waals surface area contributed by atoms with Crippen LogP contribution in [0.1, 0.15) is 12.6 Å². The highest BCUT2D eigenvalue weighted by Crippen LogP contribution is 2.27. The normalized spacial score (nSPS) is 11.8. The fraction of sp³-hybridized carbons (Fsp3) is 0.556. The van der Waals surface area contributed by atoms with E-state index in [9.17, 15) is 13.2 Å². The van der Waals surface area contributed by atoms with E-state index in [-0.39, 0.29) is 20.9 Å². The molecule has 1 aromatic heterocycles. The third-order valence-electron chi connectivity index (χ3n) is 2.04. The number of carbonyl (C=O) groups is 1. The van der Waals surface area contributed by atoms with Crippen LogP contribution >= 0.6 is 11.3 Å². The molecule has 1 amide bonds. The first-order chi connectivity index (χ1) is 8.80. The van der Waals surface area contributed by atoms with Crippen molar-refractivity contribution >= 4 is 32.4 Å². The Hall–Kier alpha value is -1.07. The molecule has 0 saturated carbocycles. The number of amides is 1. The number of nitrogens with zero attached hydrogens (tertiary/aromatic N) is 1. The van der Waals surface area contributed by atoms with Gasteiger partial charge in [0.05, 0.1) is 24.9 Å². The number of carbonyl (C=O) groups excluding carboxylic acids is 1. The van der Waals surface area contributed by atoms with Crippen LogP contribution < -0.4 is 10.0 Å². The highest BCUT2D eigenvalue weighted by atomic mass is 32.2. The highest BCUT2D eigenvalue weighted by Gasteiger charge is 2.25. The van der Waals surface area contributed by atoms with Crippen LogP contribution in [0.25, 0.3) is 0 Å². The molecule has 1 rings (SSSR count). The molecule has 0 atom stereocenters. The number of aryl methyl sites for hydroxylation is 1. The van der Waals surface area contributed by atoms with Crippen molar-refractivity contribution in [3.8, 4) is 0 Å². The molecular weight excluding hydrogens is 294 g/mol. The van der Waals surface area contributed by atoms with Gasteiger partial charge < -0.3 is 15.5 Å². The molecule has 1 heterocycles. The van der Waals surface area contributed by atoms with E-state index < -0.39 is 29.3 Å². The lowest BCUT2D eigenvalue weighted by Gasteiger charge is -2.12. The van der Waals surface area contributed by atoms with E-state index in [0.29, 0.717) is 0 Å². The van der Waals surface area contributed by atoms with Gasteiger partial charge >= 0.3 is 0 Å². The fourth-order valence-electron chi connectivity index (χ4n) is 1.24. The molecule has 0 unspecified atom stereocenters. The smallest absolute Gasteiger partial charge is 0.252 e. The third kappa shape index (κ3) is 4.21. The van der Waals surface area contributed by atoms with E-state index in [1.54, 1.807) is 0 Å². The molecule has 8 nitrogen and oxygen atoms in total. The average molecular weight is 309 g/mol. The number of rotatable bonds is 6. The molecule has 0 aromatic carbocycles. The number of thiazole rings is 1. The maximum atomic E-state index is 12.0. The number of hydrogen-bond acceptors (Lipinski definition) is 7. The quantitative estimate of drug-likeness (QED) is 0.536. The summed E-state index contributed by atoms with van der Waals surface area (Å²) in [7, 11) is -3.89. The Balaban J connectivity index is 3.01. The Bertz CT molecular complexity index is 550. The lowest BCUT2D eigenvalue weighted by molar-refractivity contribution is -0.114. The number of anilines is 1. The standard InChI is InChI=1S/C9H15N3O5S2/c1-5-8(18-9(10-5)11-6(2)15)19(16,17)12-7(3-13)4-14/h7,12-14H,3-4H2,1-2H3,(H,10,11,15). The number of sulfonamides is 1. The van der Waals surface area contributed by atoms with Gasteiger partial charge in [-0.05, 0) is 6.92 Å². The van der Waals surface area contributed by atoms with Crippen LogP contribution in [-0.4, -0.2) is 48.8 Å². The zero-order valence-electron chi connectivity index (χ0n) is 10.4. The average Bonchev–Trinajstić information content (AvgIpc) is 2.67. The summed E-state index contributed by atoms with van der Waals surface area (Å²) in [5.41, 5.74) is 0.232. The van der Waals surface area contributed by atoms with Crippen molar-refractivity contribution in [2.75, 3.05) is 18.5 Å². The van der Waals surface area contributed by atoms with Crippen LogP contribution in [-0.2, 0) is 14.8 Å². The van der Waals surface area contributed by atoms with Crippen molar-refractivity contribution < 1.29 is 23.4 Å². The summed E-state index contributed by atoms with van der Waals surface area (Å²) in [5, 5.41) is 20.3. The summed E-state index contributed by atoms with van der Waals surface area (Å²) < 4.78 is 26.1. The monoisotopic (exact) mass is 309 g/mol. The van der Waals surface area contributed by atoms with Crippen molar-refractivity contribution in [1.29, 1.82) is 0 Å². The maximum absolute atomic E-state index is 12.0. The molecular formula is C9H15N3O5S2. The van der Waals surface area contributed by atoms with Gasteiger partial charge in [0.15, 0.2) is 9.34 Å². The van der Waals surface area contributed by atoms with Gasteiger partial charge in [0.1, 0.15) is 0 Å². The zero-order valence-corrected chi connectivity index (χ0v) is 12.0. The van der Waals surface area contributed by atoms with Crippen LogP contribution in [0, 0.1) is 6.92 Å². The van der Waals surface area contributed by atoms with E-state index in [1.807, 2.05) is 0 Å². The predicted octanol–water partition coefficient (Wildman–Crippen LogP) is -0.959. The first-order valence-corrected chi connectivity index (χ1v) is 7.59. The second kappa shape index (κ2) is 6.39. The third-order valence-corrected chi connectivity index (χ3v) is 5.25. The van der Waals surface area contributed by atoms with Gasteiger partial charge in [0.25, 0.3) is 10.0 Å². The Kier molecular flexibility index (Phi) is 5.38. The van der Waals surface area contributed by atoms with Crippen LogP contribution in [0.5, 0.6) is 0 Å².